The third-order valence-corrected chi connectivity index (χ3v) is 4.81. The molecule has 0 bridgehead atoms. The van der Waals surface area contributed by atoms with E-state index in [4.69, 9.17) is 0 Å². The number of hydrogen-bond acceptors (Lipinski definition) is 2. The molecule has 3 aromatic rings. The van der Waals surface area contributed by atoms with Gasteiger partial charge in [0.15, 0.2) is 0 Å². The molecule has 1 aromatic heterocycles. The zero-order valence-electron chi connectivity index (χ0n) is 15.6. The van der Waals surface area contributed by atoms with Gasteiger partial charge in [0.2, 0.25) is 5.91 Å². The molecule has 4 heteroatoms. The minimum absolute atomic E-state index is 0.0601. The Morgan fingerprint density at radius 2 is 1.65 bits per heavy atom. The van der Waals surface area contributed by atoms with Crippen molar-refractivity contribution in [1.82, 2.24) is 15.1 Å². The number of aromatic nitrogens is 2. The Hall–Kier alpha value is -2.88. The van der Waals surface area contributed by atoms with Crippen LogP contribution in [0.15, 0.2) is 60.7 Å². The van der Waals surface area contributed by atoms with Crippen molar-refractivity contribution in [3.8, 4) is 5.69 Å². The Kier molecular flexibility index (Phi) is 5.52. The summed E-state index contributed by atoms with van der Waals surface area (Å²) >= 11 is 0. The SMILES string of the molecule is CCC(C(=O)NCc1c(C)nn(-c2ccccc2)c1C)c1ccccc1. The first-order valence-electron chi connectivity index (χ1n) is 9.05. The van der Waals surface area contributed by atoms with Gasteiger partial charge in [0.25, 0.3) is 0 Å². The summed E-state index contributed by atoms with van der Waals surface area (Å²) < 4.78 is 1.94. The van der Waals surface area contributed by atoms with Gasteiger partial charge in [-0.2, -0.15) is 5.10 Å². The van der Waals surface area contributed by atoms with Crippen LogP contribution in [0.1, 0.15) is 41.8 Å². The van der Waals surface area contributed by atoms with Gasteiger partial charge >= 0.3 is 0 Å². The zero-order chi connectivity index (χ0) is 18.5. The standard InChI is InChI=1S/C22H25N3O/c1-4-20(18-11-7-5-8-12-18)22(26)23-15-21-16(2)24-25(17(21)3)19-13-9-6-10-14-19/h5-14,20H,4,15H2,1-3H3,(H,23,26). The molecule has 1 unspecified atom stereocenters. The van der Waals surface area contributed by atoms with Gasteiger partial charge in [0, 0.05) is 17.8 Å². The number of carbonyl (C=O) groups is 1. The number of amides is 1. The number of hydrogen-bond donors (Lipinski definition) is 1. The Balaban J connectivity index is 1.76. The van der Waals surface area contributed by atoms with Crippen LogP contribution in [0.25, 0.3) is 5.69 Å². The van der Waals surface area contributed by atoms with Crippen molar-refractivity contribution >= 4 is 5.91 Å². The fourth-order valence-corrected chi connectivity index (χ4v) is 3.31. The highest BCUT2D eigenvalue weighted by Crippen LogP contribution is 2.21. The van der Waals surface area contributed by atoms with Gasteiger partial charge in [-0.25, -0.2) is 4.68 Å². The quantitative estimate of drug-likeness (QED) is 0.723. The van der Waals surface area contributed by atoms with Crippen LogP contribution in [0.2, 0.25) is 0 Å². The predicted octanol–water partition coefficient (Wildman–Crippen LogP) is 4.30. The van der Waals surface area contributed by atoms with Gasteiger partial charge in [0.05, 0.1) is 17.3 Å². The zero-order valence-corrected chi connectivity index (χ0v) is 15.6. The molecule has 1 atom stereocenters. The molecule has 4 nitrogen and oxygen atoms in total. The first-order chi connectivity index (χ1) is 12.6. The van der Waals surface area contributed by atoms with Crippen molar-refractivity contribution in [2.45, 2.75) is 39.7 Å². The topological polar surface area (TPSA) is 46.9 Å². The number of carbonyl (C=O) groups excluding carboxylic acids is 1. The van der Waals surface area contributed by atoms with Crippen LogP contribution in [-0.4, -0.2) is 15.7 Å². The molecule has 2 aromatic carbocycles. The lowest BCUT2D eigenvalue weighted by molar-refractivity contribution is -0.122. The van der Waals surface area contributed by atoms with E-state index in [1.165, 1.54) is 0 Å². The highest BCUT2D eigenvalue weighted by molar-refractivity contribution is 5.83. The summed E-state index contributed by atoms with van der Waals surface area (Å²) in [5, 5.41) is 7.75. The first kappa shape index (κ1) is 17.9. The molecule has 1 heterocycles. The van der Waals surface area contributed by atoms with Crippen LogP contribution in [0.5, 0.6) is 0 Å². The van der Waals surface area contributed by atoms with Crippen molar-refractivity contribution in [3.63, 3.8) is 0 Å². The van der Waals surface area contributed by atoms with Crippen molar-refractivity contribution < 1.29 is 4.79 Å². The number of benzene rings is 2. The van der Waals surface area contributed by atoms with E-state index in [0.29, 0.717) is 6.54 Å². The Labute approximate surface area is 154 Å². The number of nitrogens with one attached hydrogen (secondary N) is 1. The van der Waals surface area contributed by atoms with E-state index in [9.17, 15) is 4.79 Å². The number of aryl methyl sites for hydroxylation is 1. The smallest absolute Gasteiger partial charge is 0.227 e. The molecule has 0 aliphatic rings. The Bertz CT molecular complexity index is 869. The van der Waals surface area contributed by atoms with E-state index < -0.39 is 0 Å². The molecule has 0 saturated heterocycles. The summed E-state index contributed by atoms with van der Waals surface area (Å²) in [6, 6.07) is 20.0. The lowest BCUT2D eigenvalue weighted by Crippen LogP contribution is -2.29. The van der Waals surface area contributed by atoms with E-state index in [1.807, 2.05) is 86.1 Å². The number of para-hydroxylation sites is 1. The van der Waals surface area contributed by atoms with Crippen LogP contribution >= 0.6 is 0 Å². The van der Waals surface area contributed by atoms with Crippen molar-refractivity contribution in [2.24, 2.45) is 0 Å². The predicted molar refractivity (Wildman–Crippen MR) is 104 cm³/mol. The van der Waals surface area contributed by atoms with Gasteiger partial charge in [-0.1, -0.05) is 55.5 Å². The van der Waals surface area contributed by atoms with Crippen molar-refractivity contribution in [3.05, 3.63) is 83.2 Å². The lowest BCUT2D eigenvalue weighted by Gasteiger charge is -2.15. The maximum atomic E-state index is 12.7. The monoisotopic (exact) mass is 347 g/mol. The molecule has 0 saturated carbocycles. The van der Waals surface area contributed by atoms with Crippen molar-refractivity contribution in [2.75, 3.05) is 0 Å². The fraction of sp³-hybridized carbons (Fsp3) is 0.273. The van der Waals surface area contributed by atoms with Gasteiger partial charge in [0.1, 0.15) is 0 Å². The number of rotatable bonds is 6. The third-order valence-electron chi connectivity index (χ3n) is 4.81. The van der Waals surface area contributed by atoms with E-state index in [2.05, 4.69) is 10.4 Å². The minimum atomic E-state index is -0.124. The summed E-state index contributed by atoms with van der Waals surface area (Å²) in [5.41, 5.74) is 5.16. The van der Waals surface area contributed by atoms with Crippen LogP contribution in [0, 0.1) is 13.8 Å². The highest BCUT2D eigenvalue weighted by atomic mass is 16.1. The first-order valence-corrected chi connectivity index (χ1v) is 9.05. The van der Waals surface area contributed by atoms with E-state index in [1.54, 1.807) is 0 Å². The average Bonchev–Trinajstić information content (AvgIpc) is 2.96. The average molecular weight is 347 g/mol. The van der Waals surface area contributed by atoms with Crippen LogP contribution in [-0.2, 0) is 11.3 Å². The van der Waals surface area contributed by atoms with Crippen LogP contribution < -0.4 is 5.32 Å². The van der Waals surface area contributed by atoms with Gasteiger partial charge in [-0.3, -0.25) is 4.79 Å². The molecule has 3 rings (SSSR count). The van der Waals surface area contributed by atoms with E-state index >= 15 is 0 Å². The summed E-state index contributed by atoms with van der Waals surface area (Å²) in [5.74, 6) is -0.0639. The van der Waals surface area contributed by atoms with Crippen LogP contribution in [0.3, 0.4) is 0 Å². The summed E-state index contributed by atoms with van der Waals surface area (Å²) in [6.45, 7) is 6.57. The van der Waals surface area contributed by atoms with Gasteiger partial charge in [-0.05, 0) is 38.0 Å². The minimum Gasteiger partial charge on any atom is -0.351 e. The normalized spacial score (nSPS) is 12.0. The highest BCUT2D eigenvalue weighted by Gasteiger charge is 2.19. The maximum absolute atomic E-state index is 12.7. The van der Waals surface area contributed by atoms with Crippen molar-refractivity contribution in [1.29, 1.82) is 0 Å². The number of nitrogens with zero attached hydrogens (tertiary/aromatic N) is 2. The molecule has 0 aliphatic heterocycles. The molecule has 134 valence electrons. The molecule has 1 amide bonds. The summed E-state index contributed by atoms with van der Waals surface area (Å²) in [6.07, 6.45) is 0.775. The largest absolute Gasteiger partial charge is 0.351 e. The summed E-state index contributed by atoms with van der Waals surface area (Å²) in [4.78, 5) is 12.7. The molecular weight excluding hydrogens is 322 g/mol. The molecular formula is C22H25N3O. The maximum Gasteiger partial charge on any atom is 0.227 e. The fourth-order valence-electron chi connectivity index (χ4n) is 3.31. The Morgan fingerprint density at radius 3 is 2.27 bits per heavy atom. The molecule has 0 aliphatic carbocycles. The second kappa shape index (κ2) is 8.00. The molecule has 0 fully saturated rings. The molecule has 1 N–H and O–H groups in total. The summed E-state index contributed by atoms with van der Waals surface area (Å²) in [7, 11) is 0. The molecule has 0 spiro atoms. The molecule has 0 radical (unpaired) electrons. The Morgan fingerprint density at radius 1 is 1.04 bits per heavy atom. The third kappa shape index (κ3) is 3.69. The second-order valence-corrected chi connectivity index (χ2v) is 6.49. The second-order valence-electron chi connectivity index (χ2n) is 6.49. The molecule has 26 heavy (non-hydrogen) atoms. The van der Waals surface area contributed by atoms with E-state index in [0.717, 1.165) is 34.6 Å². The lowest BCUT2D eigenvalue weighted by atomic mass is 9.95. The van der Waals surface area contributed by atoms with E-state index in [-0.39, 0.29) is 11.8 Å². The van der Waals surface area contributed by atoms with Crippen LogP contribution in [0.4, 0.5) is 0 Å². The van der Waals surface area contributed by atoms with Gasteiger partial charge in [-0.15, -0.1) is 0 Å². The van der Waals surface area contributed by atoms with Gasteiger partial charge < -0.3 is 5.32 Å².